The standard InChI is InChI=1S/C29H30N2O5/c1-34-27-14-23(15-28(35-2)26(27)18-31-13-7-11-21(17-31)29(32)33)36-19-22-10-6-12-24(25(22)16-30)20-8-4-3-5-9-20/h3-6,8-10,12,14-15,21H,7,11,13,17-19H2,1-2H3,(H,32,33). The van der Waals surface area contributed by atoms with Crippen LogP contribution in [0.3, 0.4) is 0 Å². The molecule has 3 aromatic carbocycles. The second-order valence-corrected chi connectivity index (χ2v) is 8.83. The number of carboxylic acids is 1. The van der Waals surface area contributed by atoms with Crippen molar-refractivity contribution in [2.75, 3.05) is 27.3 Å². The third-order valence-electron chi connectivity index (χ3n) is 6.56. The second-order valence-electron chi connectivity index (χ2n) is 8.83. The molecule has 1 unspecified atom stereocenters. The zero-order valence-corrected chi connectivity index (χ0v) is 20.6. The summed E-state index contributed by atoms with van der Waals surface area (Å²) in [6, 6.07) is 21.5. The molecule has 1 fully saturated rings. The number of nitrogens with zero attached hydrogens (tertiary/aromatic N) is 2. The van der Waals surface area contributed by atoms with Crippen molar-refractivity contribution in [3.05, 3.63) is 77.4 Å². The van der Waals surface area contributed by atoms with E-state index in [2.05, 4.69) is 11.0 Å². The first-order valence-electron chi connectivity index (χ1n) is 11.9. The minimum absolute atomic E-state index is 0.210. The van der Waals surface area contributed by atoms with Crippen molar-refractivity contribution in [2.24, 2.45) is 5.92 Å². The maximum Gasteiger partial charge on any atom is 0.307 e. The number of hydrogen-bond acceptors (Lipinski definition) is 6. The maximum atomic E-state index is 11.5. The first kappa shape index (κ1) is 25.1. The van der Waals surface area contributed by atoms with Crippen LogP contribution in [0.15, 0.2) is 60.7 Å². The number of aliphatic carboxylic acids is 1. The zero-order chi connectivity index (χ0) is 25.5. The van der Waals surface area contributed by atoms with E-state index in [1.165, 1.54) is 0 Å². The third-order valence-corrected chi connectivity index (χ3v) is 6.56. The first-order chi connectivity index (χ1) is 17.5. The molecule has 7 heteroatoms. The Labute approximate surface area is 211 Å². The van der Waals surface area contributed by atoms with Crippen molar-refractivity contribution < 1.29 is 24.1 Å². The van der Waals surface area contributed by atoms with Crippen molar-refractivity contribution in [1.82, 2.24) is 4.90 Å². The van der Waals surface area contributed by atoms with Gasteiger partial charge in [0.1, 0.15) is 29.9 Å². The molecule has 3 aromatic rings. The van der Waals surface area contributed by atoms with Crippen molar-refractivity contribution in [3.63, 3.8) is 0 Å². The Bertz CT molecular complexity index is 1230. The maximum absolute atomic E-state index is 11.5. The van der Waals surface area contributed by atoms with E-state index >= 15 is 0 Å². The van der Waals surface area contributed by atoms with Gasteiger partial charge in [-0.2, -0.15) is 5.26 Å². The van der Waals surface area contributed by atoms with E-state index in [4.69, 9.17) is 14.2 Å². The highest BCUT2D eigenvalue weighted by Gasteiger charge is 2.27. The Hall–Kier alpha value is -4.02. The average molecular weight is 487 g/mol. The predicted octanol–water partition coefficient (Wildman–Crippen LogP) is 5.12. The summed E-state index contributed by atoms with van der Waals surface area (Å²) >= 11 is 0. The first-order valence-corrected chi connectivity index (χ1v) is 11.9. The van der Waals surface area contributed by atoms with Gasteiger partial charge in [0, 0.05) is 30.8 Å². The summed E-state index contributed by atoms with van der Waals surface area (Å²) in [4.78, 5) is 13.6. The molecule has 36 heavy (non-hydrogen) atoms. The number of carboxylic acid groups (broad SMARTS) is 1. The van der Waals surface area contributed by atoms with E-state index in [9.17, 15) is 15.2 Å². The SMILES string of the molecule is COc1cc(OCc2cccc(-c3ccccc3)c2C#N)cc(OC)c1CN1CCCC(C(=O)O)C1. The fraction of sp³-hybridized carbons (Fsp3) is 0.310. The molecule has 0 aliphatic carbocycles. The Kier molecular flexibility index (Phi) is 8.09. The van der Waals surface area contributed by atoms with Crippen molar-refractivity contribution in [2.45, 2.75) is 26.0 Å². The zero-order valence-electron chi connectivity index (χ0n) is 20.6. The van der Waals surface area contributed by atoms with E-state index in [1.807, 2.05) is 60.7 Å². The van der Waals surface area contributed by atoms with Gasteiger partial charge < -0.3 is 19.3 Å². The van der Waals surface area contributed by atoms with Crippen LogP contribution in [-0.4, -0.2) is 43.3 Å². The number of hydrogen-bond donors (Lipinski definition) is 1. The van der Waals surface area contributed by atoms with Crippen LogP contribution in [0.2, 0.25) is 0 Å². The molecular formula is C29H30N2O5. The van der Waals surface area contributed by atoms with Crippen molar-refractivity contribution in [1.29, 1.82) is 5.26 Å². The summed E-state index contributed by atoms with van der Waals surface area (Å²) in [6.07, 6.45) is 1.54. The topological polar surface area (TPSA) is 92.0 Å². The number of rotatable bonds is 9. The van der Waals surface area contributed by atoms with Gasteiger partial charge in [0.2, 0.25) is 0 Å². The Morgan fingerprint density at radius 3 is 2.44 bits per heavy atom. The van der Waals surface area contributed by atoms with Gasteiger partial charge in [-0.05, 0) is 30.5 Å². The number of nitriles is 1. The Morgan fingerprint density at radius 2 is 1.81 bits per heavy atom. The normalized spacial score (nSPS) is 15.6. The summed E-state index contributed by atoms with van der Waals surface area (Å²) in [7, 11) is 3.19. The second kappa shape index (κ2) is 11.6. The summed E-state index contributed by atoms with van der Waals surface area (Å²) in [5.74, 6) is 0.666. The Balaban J connectivity index is 1.55. The molecule has 0 amide bonds. The van der Waals surface area contributed by atoms with Crippen molar-refractivity contribution in [3.8, 4) is 34.4 Å². The predicted molar refractivity (Wildman–Crippen MR) is 136 cm³/mol. The molecule has 0 spiro atoms. The van der Waals surface area contributed by atoms with Gasteiger partial charge in [-0.25, -0.2) is 0 Å². The molecule has 7 nitrogen and oxygen atoms in total. The van der Waals surface area contributed by atoms with E-state index in [0.29, 0.717) is 42.3 Å². The minimum Gasteiger partial charge on any atom is -0.496 e. The number of carbonyl (C=O) groups is 1. The van der Waals surface area contributed by atoms with Gasteiger partial charge in [0.05, 0.1) is 31.3 Å². The van der Waals surface area contributed by atoms with Crippen LogP contribution in [-0.2, 0) is 17.9 Å². The number of benzene rings is 3. The van der Waals surface area contributed by atoms with Gasteiger partial charge in [-0.1, -0.05) is 48.5 Å². The monoisotopic (exact) mass is 486 g/mol. The van der Waals surface area contributed by atoms with Crippen LogP contribution < -0.4 is 14.2 Å². The highest BCUT2D eigenvalue weighted by molar-refractivity contribution is 5.72. The van der Waals surface area contributed by atoms with Crippen LogP contribution in [0.4, 0.5) is 0 Å². The number of ether oxygens (including phenoxy) is 3. The van der Waals surface area contributed by atoms with Crippen LogP contribution in [0.5, 0.6) is 17.2 Å². The summed E-state index contributed by atoms with van der Waals surface area (Å²) in [6.45, 7) is 2.05. The summed E-state index contributed by atoms with van der Waals surface area (Å²) < 4.78 is 17.4. The molecule has 0 bridgehead atoms. The van der Waals surface area contributed by atoms with E-state index in [-0.39, 0.29) is 12.5 Å². The molecular weight excluding hydrogens is 456 g/mol. The molecule has 186 valence electrons. The van der Waals surface area contributed by atoms with Crippen LogP contribution in [0.25, 0.3) is 11.1 Å². The molecule has 1 aliphatic rings. The number of piperidine rings is 1. The average Bonchev–Trinajstić information content (AvgIpc) is 2.92. The van der Waals surface area contributed by atoms with Gasteiger partial charge in [0.15, 0.2) is 0 Å². The van der Waals surface area contributed by atoms with Crippen LogP contribution in [0.1, 0.15) is 29.5 Å². The number of likely N-dealkylation sites (tertiary alicyclic amines) is 1. The van der Waals surface area contributed by atoms with E-state index in [1.54, 1.807) is 14.2 Å². The molecule has 1 saturated heterocycles. The highest BCUT2D eigenvalue weighted by Crippen LogP contribution is 2.36. The molecule has 0 aromatic heterocycles. The molecule has 4 rings (SSSR count). The van der Waals surface area contributed by atoms with Gasteiger partial charge in [-0.3, -0.25) is 9.69 Å². The molecule has 0 saturated carbocycles. The number of methoxy groups -OCH3 is 2. The molecule has 1 atom stereocenters. The fourth-order valence-electron chi connectivity index (χ4n) is 4.70. The van der Waals surface area contributed by atoms with Crippen molar-refractivity contribution >= 4 is 5.97 Å². The van der Waals surface area contributed by atoms with Gasteiger partial charge >= 0.3 is 5.97 Å². The third kappa shape index (κ3) is 5.61. The lowest BCUT2D eigenvalue weighted by Gasteiger charge is -2.31. The highest BCUT2D eigenvalue weighted by atomic mass is 16.5. The Morgan fingerprint density at radius 1 is 1.08 bits per heavy atom. The van der Waals surface area contributed by atoms with E-state index in [0.717, 1.165) is 35.2 Å². The van der Waals surface area contributed by atoms with Gasteiger partial charge in [-0.15, -0.1) is 0 Å². The molecule has 1 aliphatic heterocycles. The molecule has 1 N–H and O–H groups in total. The smallest absolute Gasteiger partial charge is 0.307 e. The largest absolute Gasteiger partial charge is 0.496 e. The lowest BCUT2D eigenvalue weighted by molar-refractivity contribution is -0.143. The van der Waals surface area contributed by atoms with Crippen LogP contribution >= 0.6 is 0 Å². The lowest BCUT2D eigenvalue weighted by Crippen LogP contribution is -2.38. The van der Waals surface area contributed by atoms with E-state index < -0.39 is 5.97 Å². The lowest BCUT2D eigenvalue weighted by atomic mass is 9.96. The minimum atomic E-state index is -0.754. The molecule has 1 heterocycles. The molecule has 0 radical (unpaired) electrons. The summed E-state index contributed by atoms with van der Waals surface area (Å²) in [5, 5.41) is 19.3. The summed E-state index contributed by atoms with van der Waals surface area (Å²) in [5.41, 5.74) is 4.06. The van der Waals surface area contributed by atoms with Gasteiger partial charge in [0.25, 0.3) is 0 Å². The van der Waals surface area contributed by atoms with Crippen LogP contribution in [0, 0.1) is 17.2 Å². The fourth-order valence-corrected chi connectivity index (χ4v) is 4.70. The quantitative estimate of drug-likeness (QED) is 0.449.